The fourth-order valence-corrected chi connectivity index (χ4v) is 7.00. The van der Waals surface area contributed by atoms with E-state index < -0.39 is 178 Å². The van der Waals surface area contributed by atoms with E-state index in [1.807, 2.05) is 0 Å². The van der Waals surface area contributed by atoms with E-state index in [1.54, 1.807) is 0 Å². The molecule has 5 fully saturated rings. The Kier molecular flexibility index (Phi) is 14.7. The Bertz CT molecular complexity index is 1470. The zero-order valence-electron chi connectivity index (χ0n) is 30.1. The summed E-state index contributed by atoms with van der Waals surface area (Å²) in [6.07, 6.45) is -31.2. The second kappa shape index (κ2) is 18.7. The molecule has 324 valence electrons. The van der Waals surface area contributed by atoms with Gasteiger partial charge in [-0.1, -0.05) is 0 Å². The van der Waals surface area contributed by atoms with E-state index in [1.165, 1.54) is 0 Å². The number of aliphatic hydroxyl groups is 10. The number of amides is 4. The third-order valence-electron chi connectivity index (χ3n) is 10.4. The molecular weight excluding hydrogens is 778 g/mol. The van der Waals surface area contributed by atoms with Crippen molar-refractivity contribution in [2.45, 2.75) is 122 Å². The van der Waals surface area contributed by atoms with Gasteiger partial charge >= 0.3 is 5.97 Å². The van der Waals surface area contributed by atoms with Crippen molar-refractivity contribution in [2.75, 3.05) is 39.8 Å². The van der Waals surface area contributed by atoms with Gasteiger partial charge in [0.15, 0.2) is 30.5 Å². The maximum atomic E-state index is 12.9. The second-order valence-electron chi connectivity index (χ2n) is 14.1. The van der Waals surface area contributed by atoms with Gasteiger partial charge in [-0.15, -0.1) is 0 Å². The lowest BCUT2D eigenvalue weighted by Gasteiger charge is -2.19. The lowest BCUT2D eigenvalue weighted by Crippen LogP contribution is -2.47. The molecule has 20 atom stereocenters. The minimum atomic E-state index is -1.83. The van der Waals surface area contributed by atoms with Gasteiger partial charge in [0.2, 0.25) is 0 Å². The van der Waals surface area contributed by atoms with Gasteiger partial charge in [-0.2, -0.15) is 0 Å². The van der Waals surface area contributed by atoms with Crippen molar-refractivity contribution in [3.05, 3.63) is 0 Å². The summed E-state index contributed by atoms with van der Waals surface area (Å²) in [5.41, 5.74) is 5.44. The maximum absolute atomic E-state index is 12.9. The van der Waals surface area contributed by atoms with E-state index in [2.05, 4.69) is 26.0 Å². The Balaban J connectivity index is 1.04. The number of carbonyl (C=O) groups excluding carboxylic acids is 5. The lowest BCUT2D eigenvalue weighted by atomic mass is 10.1. The van der Waals surface area contributed by atoms with E-state index in [0.717, 1.165) is 7.11 Å². The highest BCUT2D eigenvalue weighted by atomic mass is 16.6. The molecule has 5 saturated heterocycles. The van der Waals surface area contributed by atoms with Gasteiger partial charge in [-0.05, 0) is 0 Å². The van der Waals surface area contributed by atoms with Crippen LogP contribution < -0.4 is 27.0 Å². The molecule has 5 aliphatic rings. The Morgan fingerprint density at radius 2 is 0.649 bits per heavy atom. The first-order valence-corrected chi connectivity index (χ1v) is 17.9. The van der Waals surface area contributed by atoms with Crippen LogP contribution in [0.1, 0.15) is 0 Å². The molecule has 0 saturated carbocycles. The van der Waals surface area contributed by atoms with Crippen LogP contribution in [0.5, 0.6) is 0 Å². The lowest BCUT2D eigenvalue weighted by molar-refractivity contribution is -0.157. The van der Waals surface area contributed by atoms with E-state index in [-0.39, 0.29) is 6.54 Å². The van der Waals surface area contributed by atoms with Gasteiger partial charge in [0.05, 0.1) is 13.2 Å². The summed E-state index contributed by atoms with van der Waals surface area (Å²) < 4.78 is 31.3. The normalized spacial score (nSPS) is 44.1. The average molecular weight is 828 g/mol. The van der Waals surface area contributed by atoms with Crippen molar-refractivity contribution in [3.8, 4) is 0 Å². The highest BCUT2D eigenvalue weighted by Crippen LogP contribution is 2.27. The molecule has 5 heterocycles. The van der Waals surface area contributed by atoms with Crippen LogP contribution in [-0.4, -0.2) is 243 Å². The summed E-state index contributed by atoms with van der Waals surface area (Å²) in [5, 5.41) is 112. The molecule has 0 bridgehead atoms. The number of rotatable bonds is 14. The van der Waals surface area contributed by atoms with Crippen molar-refractivity contribution in [2.24, 2.45) is 5.73 Å². The van der Waals surface area contributed by atoms with Crippen molar-refractivity contribution in [3.63, 3.8) is 0 Å². The number of carbonyl (C=O) groups is 5. The molecule has 5 rings (SSSR count). The predicted molar refractivity (Wildman–Crippen MR) is 176 cm³/mol. The fraction of sp³-hybridized carbons (Fsp3) is 0.839. The number of ether oxygens (including phenoxy) is 6. The summed E-state index contributed by atoms with van der Waals surface area (Å²) in [6, 6.07) is 0. The summed E-state index contributed by atoms with van der Waals surface area (Å²) in [4.78, 5) is 62.8. The van der Waals surface area contributed by atoms with Gasteiger partial charge in [0.25, 0.3) is 23.6 Å². The molecule has 5 aliphatic heterocycles. The Morgan fingerprint density at radius 3 is 0.895 bits per heavy atom. The van der Waals surface area contributed by atoms with Crippen molar-refractivity contribution in [1.29, 1.82) is 0 Å². The number of nitrogens with one attached hydrogen (secondary N) is 4. The zero-order valence-corrected chi connectivity index (χ0v) is 30.1. The Morgan fingerprint density at radius 1 is 0.421 bits per heavy atom. The molecule has 26 nitrogen and oxygen atoms in total. The van der Waals surface area contributed by atoms with Crippen molar-refractivity contribution in [1.82, 2.24) is 21.3 Å². The zero-order chi connectivity index (χ0) is 42.0. The minimum Gasteiger partial charge on any atom is -0.467 e. The largest absolute Gasteiger partial charge is 0.467 e. The van der Waals surface area contributed by atoms with Crippen LogP contribution in [0.25, 0.3) is 0 Å². The second-order valence-corrected chi connectivity index (χ2v) is 14.1. The molecule has 0 aromatic carbocycles. The third kappa shape index (κ3) is 9.30. The number of nitrogens with two attached hydrogens (primary N) is 1. The molecule has 0 radical (unpaired) electrons. The maximum Gasteiger partial charge on any atom is 0.337 e. The van der Waals surface area contributed by atoms with Crippen LogP contribution in [0.3, 0.4) is 0 Å². The van der Waals surface area contributed by atoms with Crippen LogP contribution in [0, 0.1) is 0 Å². The molecule has 16 N–H and O–H groups in total. The van der Waals surface area contributed by atoms with Gasteiger partial charge in [0.1, 0.15) is 85.5 Å². The standard InChI is InChI=1S/C31H49N5O21/c1-52-31(51)26-21(46)16(41)11(57-26)6-36-30(50)25-20(45)15(40)10(56-25)5-35-29(49)24-19(44)14(39)9(55-24)4-34-28(48)23-18(43)13(38)8(54-23)3-33-27(47)22-17(42)12(37)7(2-32)53-22/h7-26,37-46H,2-6,32H2,1H3,(H,33,47)(H,34,48)(H,35,49)(H,36,50)/t7-,8-,9-,10-,11-,12-,13-,14-,15-,16-,17+,18+,19+,20+,21+,22+,23+,24+,25+,26+/m1/s1. The molecule has 26 heteroatoms. The number of methoxy groups -OCH3 is 1. The van der Waals surface area contributed by atoms with Crippen LogP contribution in [0.4, 0.5) is 0 Å². The summed E-state index contributed by atoms with van der Waals surface area (Å²) in [5.74, 6) is -4.84. The highest BCUT2D eigenvalue weighted by Gasteiger charge is 2.52. The monoisotopic (exact) mass is 827 g/mol. The molecular formula is C31H49N5O21. The summed E-state index contributed by atoms with van der Waals surface area (Å²) in [7, 11) is 1.04. The Hall–Kier alpha value is -3.29. The molecule has 0 aliphatic carbocycles. The summed E-state index contributed by atoms with van der Waals surface area (Å²) in [6.45, 7) is -2.14. The number of hydrogen-bond acceptors (Lipinski definition) is 22. The van der Waals surface area contributed by atoms with E-state index in [0.29, 0.717) is 0 Å². The van der Waals surface area contributed by atoms with Crippen molar-refractivity contribution >= 4 is 29.6 Å². The number of aliphatic hydroxyl groups excluding tert-OH is 10. The molecule has 0 aromatic rings. The highest BCUT2D eigenvalue weighted by molar-refractivity contribution is 5.84. The van der Waals surface area contributed by atoms with Crippen LogP contribution in [0.2, 0.25) is 0 Å². The Labute approximate surface area is 322 Å². The van der Waals surface area contributed by atoms with Crippen molar-refractivity contribution < 1.29 is 103 Å². The van der Waals surface area contributed by atoms with E-state index in [4.69, 9.17) is 29.4 Å². The number of hydrogen-bond donors (Lipinski definition) is 15. The van der Waals surface area contributed by atoms with Gasteiger partial charge in [-0.3, -0.25) is 19.2 Å². The first-order chi connectivity index (χ1) is 26.9. The minimum absolute atomic E-state index is 0.174. The number of esters is 1. The molecule has 0 unspecified atom stereocenters. The van der Waals surface area contributed by atoms with E-state index in [9.17, 15) is 75.0 Å². The van der Waals surface area contributed by atoms with Crippen LogP contribution >= 0.6 is 0 Å². The van der Waals surface area contributed by atoms with Gasteiger partial charge < -0.3 is 106 Å². The third-order valence-corrected chi connectivity index (χ3v) is 10.4. The van der Waals surface area contributed by atoms with Gasteiger partial charge in [0, 0.05) is 32.7 Å². The fourth-order valence-electron chi connectivity index (χ4n) is 7.00. The molecule has 0 spiro atoms. The topological polar surface area (TPSA) is 417 Å². The van der Waals surface area contributed by atoms with E-state index >= 15 is 0 Å². The quantitative estimate of drug-likeness (QED) is 0.0723. The predicted octanol–water partition coefficient (Wildman–Crippen LogP) is -12.0. The SMILES string of the molecule is COC(=O)[C@H]1O[C@H](CNC(=O)[C@H]2O[C@H](CNC(=O)[C@H]3O[C@H](CNC(=O)[C@H]4O[C@H](CNC(=O)[C@H]5O[C@H](CN)[C@@H](O)[C@@H]5O)[C@@H](O)[C@@H]4O)[C@@H](O)[C@@H]3O)[C@@H](O)[C@@H]2O)[C@@H](O)[C@@H]1O. The first-order valence-electron chi connectivity index (χ1n) is 17.9. The molecule has 57 heavy (non-hydrogen) atoms. The average Bonchev–Trinajstić information content (AvgIpc) is 3.93. The smallest absolute Gasteiger partial charge is 0.337 e. The van der Waals surface area contributed by atoms with Crippen LogP contribution in [0.15, 0.2) is 0 Å². The first kappa shape index (κ1) is 44.8. The van der Waals surface area contributed by atoms with Gasteiger partial charge in [-0.25, -0.2) is 4.79 Å². The molecule has 4 amide bonds. The summed E-state index contributed by atoms with van der Waals surface area (Å²) >= 11 is 0. The molecule has 0 aromatic heterocycles. The van der Waals surface area contributed by atoms with Crippen LogP contribution in [-0.2, 0) is 52.4 Å².